The van der Waals surface area contributed by atoms with Crippen LogP contribution in [0.1, 0.15) is 31.1 Å². The maximum Gasteiger partial charge on any atom is 0.258 e. The number of hydrogen-bond donors (Lipinski definition) is 2. The number of nitrogens with one attached hydrogen (secondary N) is 1. The first-order valence-corrected chi connectivity index (χ1v) is 6.80. The van der Waals surface area contributed by atoms with Gasteiger partial charge in [0.2, 0.25) is 5.91 Å². The van der Waals surface area contributed by atoms with Gasteiger partial charge in [-0.15, -0.1) is 0 Å². The van der Waals surface area contributed by atoms with Crippen LogP contribution in [0.5, 0.6) is 5.75 Å². The molecule has 0 aromatic heterocycles. The molecule has 0 bridgehead atoms. The summed E-state index contributed by atoms with van der Waals surface area (Å²) < 4.78 is 0. The van der Waals surface area contributed by atoms with Crippen LogP contribution in [-0.4, -0.2) is 41.0 Å². The Kier molecular flexibility index (Phi) is 5.82. The van der Waals surface area contributed by atoms with Crippen molar-refractivity contribution >= 4 is 23.4 Å². The molecule has 0 radical (unpaired) electrons. The summed E-state index contributed by atoms with van der Waals surface area (Å²) in [6.45, 7) is 5.79. The van der Waals surface area contributed by atoms with E-state index in [1.807, 2.05) is 13.8 Å². The van der Waals surface area contributed by atoms with Crippen molar-refractivity contribution < 1.29 is 14.7 Å². The van der Waals surface area contributed by atoms with Crippen LogP contribution < -0.4 is 5.32 Å². The molecule has 1 aromatic carbocycles. The number of halogens is 1. The molecule has 0 aliphatic rings. The first kappa shape index (κ1) is 16.3. The van der Waals surface area contributed by atoms with E-state index >= 15 is 0 Å². The van der Waals surface area contributed by atoms with Crippen LogP contribution in [0.15, 0.2) is 18.2 Å². The first-order chi connectivity index (χ1) is 9.35. The number of phenols is 1. The van der Waals surface area contributed by atoms with Gasteiger partial charge in [0.1, 0.15) is 5.75 Å². The molecule has 5 nitrogen and oxygen atoms in total. The third-order valence-electron chi connectivity index (χ3n) is 2.64. The van der Waals surface area contributed by atoms with Crippen molar-refractivity contribution in [2.45, 2.75) is 26.8 Å². The molecule has 0 fully saturated rings. The average molecular weight is 299 g/mol. The zero-order valence-corrected chi connectivity index (χ0v) is 12.6. The number of nitrogens with zero attached hydrogens (tertiary/aromatic N) is 1. The summed E-state index contributed by atoms with van der Waals surface area (Å²) in [5.74, 6) is -0.825. The van der Waals surface area contributed by atoms with Gasteiger partial charge in [-0.3, -0.25) is 9.59 Å². The van der Waals surface area contributed by atoms with Gasteiger partial charge in [0.05, 0.1) is 12.1 Å². The van der Waals surface area contributed by atoms with Crippen LogP contribution in [0.2, 0.25) is 5.02 Å². The van der Waals surface area contributed by atoms with Crippen molar-refractivity contribution in [2.75, 3.05) is 13.1 Å². The second kappa shape index (κ2) is 7.14. The zero-order chi connectivity index (χ0) is 15.3. The van der Waals surface area contributed by atoms with Crippen molar-refractivity contribution in [1.29, 1.82) is 0 Å². The standard InChI is InChI=1S/C14H19ClN2O3/c1-4-17(8-13(19)16-9(2)3)14(20)11-6-5-10(15)7-12(11)18/h5-7,9,18H,4,8H2,1-3H3,(H,16,19). The molecule has 20 heavy (non-hydrogen) atoms. The monoisotopic (exact) mass is 298 g/mol. The Morgan fingerprint density at radius 1 is 1.40 bits per heavy atom. The largest absolute Gasteiger partial charge is 0.507 e. The van der Waals surface area contributed by atoms with E-state index < -0.39 is 5.91 Å². The van der Waals surface area contributed by atoms with E-state index in [0.717, 1.165) is 0 Å². The molecule has 1 rings (SSSR count). The number of aromatic hydroxyl groups is 1. The number of phenolic OH excluding ortho intramolecular Hbond substituents is 1. The van der Waals surface area contributed by atoms with E-state index in [1.165, 1.54) is 23.1 Å². The summed E-state index contributed by atoms with van der Waals surface area (Å²) in [5.41, 5.74) is 0.133. The Labute approximate surface area is 123 Å². The van der Waals surface area contributed by atoms with Gasteiger partial charge >= 0.3 is 0 Å². The van der Waals surface area contributed by atoms with Gasteiger partial charge in [0.15, 0.2) is 0 Å². The van der Waals surface area contributed by atoms with E-state index in [-0.39, 0.29) is 29.8 Å². The van der Waals surface area contributed by atoms with Crippen LogP contribution in [0.3, 0.4) is 0 Å². The van der Waals surface area contributed by atoms with Gasteiger partial charge in [-0.1, -0.05) is 11.6 Å². The number of amides is 2. The Morgan fingerprint density at radius 3 is 2.55 bits per heavy atom. The lowest BCUT2D eigenvalue weighted by Crippen LogP contribution is -2.42. The Hall–Kier alpha value is -1.75. The average Bonchev–Trinajstić information content (AvgIpc) is 2.34. The lowest BCUT2D eigenvalue weighted by Gasteiger charge is -2.21. The SMILES string of the molecule is CCN(CC(=O)NC(C)C)C(=O)c1ccc(Cl)cc1O. The summed E-state index contributed by atoms with van der Waals surface area (Å²) in [5, 5.41) is 12.8. The van der Waals surface area contributed by atoms with Crippen LogP contribution in [0.4, 0.5) is 0 Å². The molecule has 0 spiro atoms. The van der Waals surface area contributed by atoms with Gasteiger partial charge in [0.25, 0.3) is 5.91 Å². The van der Waals surface area contributed by atoms with Gasteiger partial charge < -0.3 is 15.3 Å². The van der Waals surface area contributed by atoms with Crippen molar-refractivity contribution in [3.05, 3.63) is 28.8 Å². The van der Waals surface area contributed by atoms with E-state index in [2.05, 4.69) is 5.32 Å². The van der Waals surface area contributed by atoms with Gasteiger partial charge in [-0.25, -0.2) is 0 Å². The molecule has 0 aliphatic heterocycles. The predicted molar refractivity (Wildman–Crippen MR) is 78.0 cm³/mol. The maximum atomic E-state index is 12.3. The molecular weight excluding hydrogens is 280 g/mol. The van der Waals surface area contributed by atoms with E-state index in [1.54, 1.807) is 6.92 Å². The fraction of sp³-hybridized carbons (Fsp3) is 0.429. The lowest BCUT2D eigenvalue weighted by molar-refractivity contribution is -0.122. The van der Waals surface area contributed by atoms with Crippen LogP contribution in [-0.2, 0) is 4.79 Å². The topological polar surface area (TPSA) is 69.6 Å². The molecule has 0 saturated heterocycles. The Bertz CT molecular complexity index is 503. The molecule has 2 amide bonds. The molecule has 0 aliphatic carbocycles. The van der Waals surface area contributed by atoms with Gasteiger partial charge in [-0.2, -0.15) is 0 Å². The summed E-state index contributed by atoms with van der Waals surface area (Å²) in [7, 11) is 0. The van der Waals surface area contributed by atoms with Crippen LogP contribution in [0.25, 0.3) is 0 Å². The smallest absolute Gasteiger partial charge is 0.258 e. The summed E-state index contributed by atoms with van der Waals surface area (Å²) >= 11 is 5.73. The normalized spacial score (nSPS) is 10.4. The molecular formula is C14H19ClN2O3. The zero-order valence-electron chi connectivity index (χ0n) is 11.8. The highest BCUT2D eigenvalue weighted by Crippen LogP contribution is 2.23. The molecule has 110 valence electrons. The van der Waals surface area contributed by atoms with Crippen molar-refractivity contribution in [3.63, 3.8) is 0 Å². The van der Waals surface area contributed by atoms with Gasteiger partial charge in [-0.05, 0) is 39.0 Å². The van der Waals surface area contributed by atoms with E-state index in [4.69, 9.17) is 11.6 Å². The number of likely N-dealkylation sites (N-methyl/N-ethyl adjacent to an activating group) is 1. The maximum absolute atomic E-state index is 12.3. The number of benzene rings is 1. The van der Waals surface area contributed by atoms with E-state index in [0.29, 0.717) is 11.6 Å². The fourth-order valence-corrected chi connectivity index (χ4v) is 1.89. The molecule has 0 atom stereocenters. The third kappa shape index (κ3) is 4.42. The van der Waals surface area contributed by atoms with E-state index in [9.17, 15) is 14.7 Å². The minimum atomic E-state index is -0.402. The molecule has 0 heterocycles. The highest BCUT2D eigenvalue weighted by atomic mass is 35.5. The van der Waals surface area contributed by atoms with Crippen LogP contribution >= 0.6 is 11.6 Å². The number of carbonyl (C=O) groups excluding carboxylic acids is 2. The number of hydrogen-bond acceptors (Lipinski definition) is 3. The Morgan fingerprint density at radius 2 is 2.05 bits per heavy atom. The number of carbonyl (C=O) groups is 2. The second-order valence-electron chi connectivity index (χ2n) is 4.70. The second-order valence-corrected chi connectivity index (χ2v) is 5.14. The highest BCUT2D eigenvalue weighted by molar-refractivity contribution is 6.30. The quantitative estimate of drug-likeness (QED) is 0.874. The van der Waals surface area contributed by atoms with Crippen molar-refractivity contribution in [3.8, 4) is 5.75 Å². The molecule has 0 saturated carbocycles. The predicted octanol–water partition coefficient (Wildman–Crippen LogP) is 2.03. The third-order valence-corrected chi connectivity index (χ3v) is 2.88. The summed E-state index contributed by atoms with van der Waals surface area (Å²) in [4.78, 5) is 25.3. The van der Waals surface area contributed by atoms with Crippen LogP contribution in [0, 0.1) is 0 Å². The molecule has 1 aromatic rings. The Balaban J connectivity index is 2.84. The summed E-state index contributed by atoms with van der Waals surface area (Å²) in [6, 6.07) is 4.29. The van der Waals surface area contributed by atoms with Crippen molar-refractivity contribution in [2.24, 2.45) is 0 Å². The highest BCUT2D eigenvalue weighted by Gasteiger charge is 2.20. The minimum absolute atomic E-state index is 0.0141. The minimum Gasteiger partial charge on any atom is -0.507 e. The summed E-state index contributed by atoms with van der Waals surface area (Å²) in [6.07, 6.45) is 0. The fourth-order valence-electron chi connectivity index (χ4n) is 1.72. The lowest BCUT2D eigenvalue weighted by atomic mass is 10.1. The van der Waals surface area contributed by atoms with Crippen molar-refractivity contribution in [1.82, 2.24) is 10.2 Å². The van der Waals surface area contributed by atoms with Gasteiger partial charge in [0, 0.05) is 17.6 Å². The molecule has 0 unspecified atom stereocenters. The first-order valence-electron chi connectivity index (χ1n) is 6.42. The molecule has 6 heteroatoms. The number of rotatable bonds is 5. The molecule has 2 N–H and O–H groups in total.